The minimum Gasteiger partial charge on any atom is -0.468 e. The summed E-state index contributed by atoms with van der Waals surface area (Å²) in [6, 6.07) is 6.34. The van der Waals surface area contributed by atoms with Crippen LogP contribution in [0.2, 0.25) is 0 Å². The van der Waals surface area contributed by atoms with Crippen LogP contribution in [0.5, 0.6) is 5.75 Å². The zero-order chi connectivity index (χ0) is 25.6. The van der Waals surface area contributed by atoms with Gasteiger partial charge < -0.3 is 14.0 Å². The standard InChI is InChI=1S/C20H25N6O8P/c1-12-10-26(20(29)22-18(12)27)17-9-15(23-25-21)16(33-17)11-32-35(30,24-13(2)19(28)31-3)34-14-7-5-4-6-8-14/h4-8,10,13,15-17H,9,11H2,1-3H3,(H,24,30)(H,22,27,29)/t13?,15-,16+,17+,35?/m0/s1. The first-order valence-electron chi connectivity index (χ1n) is 10.5. The van der Waals surface area contributed by atoms with E-state index in [0.717, 1.165) is 0 Å². The van der Waals surface area contributed by atoms with Gasteiger partial charge in [0.2, 0.25) is 0 Å². The van der Waals surface area contributed by atoms with Crippen molar-refractivity contribution in [1.82, 2.24) is 14.6 Å². The van der Waals surface area contributed by atoms with Crippen LogP contribution in [0.3, 0.4) is 0 Å². The molecule has 0 saturated carbocycles. The highest BCUT2D eigenvalue weighted by molar-refractivity contribution is 7.52. The fourth-order valence-corrected chi connectivity index (χ4v) is 4.87. The summed E-state index contributed by atoms with van der Waals surface area (Å²) >= 11 is 0. The Morgan fingerprint density at radius 2 is 2.11 bits per heavy atom. The summed E-state index contributed by atoms with van der Waals surface area (Å²) in [6.07, 6.45) is -0.360. The van der Waals surface area contributed by atoms with Crippen molar-refractivity contribution in [3.8, 4) is 5.75 Å². The van der Waals surface area contributed by atoms with E-state index in [1.54, 1.807) is 30.3 Å². The quantitative estimate of drug-likeness (QED) is 0.159. The molecule has 2 N–H and O–H groups in total. The van der Waals surface area contributed by atoms with Crippen LogP contribution in [-0.4, -0.2) is 47.4 Å². The van der Waals surface area contributed by atoms with E-state index < -0.39 is 49.4 Å². The van der Waals surface area contributed by atoms with Gasteiger partial charge in [-0.3, -0.25) is 23.7 Å². The molecule has 2 unspecified atom stereocenters. The number of aromatic nitrogens is 2. The molecule has 0 bridgehead atoms. The van der Waals surface area contributed by atoms with Crippen LogP contribution in [0, 0.1) is 6.92 Å². The largest absolute Gasteiger partial charge is 0.468 e. The van der Waals surface area contributed by atoms with Gasteiger partial charge >= 0.3 is 19.4 Å². The Morgan fingerprint density at radius 3 is 2.77 bits per heavy atom. The summed E-state index contributed by atoms with van der Waals surface area (Å²) in [6.45, 7) is 2.58. The lowest BCUT2D eigenvalue weighted by molar-refractivity contribution is -0.142. The number of methoxy groups -OCH3 is 1. The Bertz CT molecular complexity index is 1260. The van der Waals surface area contributed by atoms with Gasteiger partial charge in [-0.15, -0.1) is 0 Å². The molecule has 2 aromatic rings. The second-order valence-electron chi connectivity index (χ2n) is 7.69. The number of hydrogen-bond donors (Lipinski definition) is 2. The lowest BCUT2D eigenvalue weighted by Gasteiger charge is -2.24. The lowest BCUT2D eigenvalue weighted by Crippen LogP contribution is -2.36. The number of carbonyl (C=O) groups is 1. The van der Waals surface area contributed by atoms with E-state index in [1.807, 2.05) is 0 Å². The van der Waals surface area contributed by atoms with Crippen LogP contribution in [0.25, 0.3) is 10.4 Å². The fourth-order valence-electron chi connectivity index (χ4n) is 3.37. The maximum absolute atomic E-state index is 13.5. The van der Waals surface area contributed by atoms with Crippen molar-refractivity contribution >= 4 is 13.7 Å². The molecule has 5 atom stereocenters. The van der Waals surface area contributed by atoms with E-state index in [0.29, 0.717) is 0 Å². The van der Waals surface area contributed by atoms with E-state index in [9.17, 15) is 18.9 Å². The Balaban J connectivity index is 1.81. The van der Waals surface area contributed by atoms with Gasteiger partial charge in [0.05, 0.1) is 25.9 Å². The SMILES string of the molecule is COC(=O)C(C)NP(=O)(OC[C@H]1O[C@@H](n2cc(C)c(=O)[nH]c2=O)C[C@@H]1N=[N+]=[N-])Oc1ccccc1. The van der Waals surface area contributed by atoms with Crippen molar-refractivity contribution in [2.24, 2.45) is 5.11 Å². The molecule has 0 aliphatic carbocycles. The van der Waals surface area contributed by atoms with E-state index in [2.05, 4.69) is 24.8 Å². The smallest absolute Gasteiger partial charge is 0.459 e. The minimum absolute atomic E-state index is 0.0965. The van der Waals surface area contributed by atoms with Crippen LogP contribution in [0.4, 0.5) is 0 Å². The zero-order valence-corrected chi connectivity index (χ0v) is 20.1. The van der Waals surface area contributed by atoms with Crippen molar-refractivity contribution in [3.63, 3.8) is 0 Å². The average molecular weight is 508 g/mol. The van der Waals surface area contributed by atoms with Crippen molar-refractivity contribution in [1.29, 1.82) is 0 Å². The normalized spacial score (nSPS) is 22.0. The van der Waals surface area contributed by atoms with E-state index >= 15 is 0 Å². The first-order valence-corrected chi connectivity index (χ1v) is 12.1. The number of aromatic amines is 1. The molecule has 1 saturated heterocycles. The molecule has 1 aliphatic rings. The van der Waals surface area contributed by atoms with Gasteiger partial charge in [-0.1, -0.05) is 23.3 Å². The Morgan fingerprint density at radius 1 is 1.40 bits per heavy atom. The van der Waals surface area contributed by atoms with Gasteiger partial charge in [0, 0.05) is 23.1 Å². The molecule has 2 heterocycles. The van der Waals surface area contributed by atoms with E-state index in [4.69, 9.17) is 19.3 Å². The van der Waals surface area contributed by atoms with Gasteiger partial charge in [0.1, 0.15) is 18.0 Å². The molecule has 35 heavy (non-hydrogen) atoms. The van der Waals surface area contributed by atoms with Gasteiger partial charge in [-0.25, -0.2) is 9.36 Å². The summed E-state index contributed by atoms with van der Waals surface area (Å²) in [5.74, 6) is -0.477. The third-order valence-corrected chi connectivity index (χ3v) is 6.79. The molecule has 1 aromatic heterocycles. The van der Waals surface area contributed by atoms with Crippen molar-refractivity contribution in [2.75, 3.05) is 13.7 Å². The maximum Gasteiger partial charge on any atom is 0.459 e. The van der Waals surface area contributed by atoms with Gasteiger partial charge in [0.25, 0.3) is 5.56 Å². The molecule has 0 spiro atoms. The van der Waals surface area contributed by atoms with Crippen LogP contribution >= 0.6 is 7.75 Å². The Hall–Kier alpha value is -3.41. The monoisotopic (exact) mass is 508 g/mol. The summed E-state index contributed by atoms with van der Waals surface area (Å²) in [7, 11) is -2.98. The summed E-state index contributed by atoms with van der Waals surface area (Å²) in [4.78, 5) is 40.8. The van der Waals surface area contributed by atoms with E-state index in [1.165, 1.54) is 31.7 Å². The summed E-state index contributed by atoms with van der Waals surface area (Å²) < 4.78 is 36.3. The highest BCUT2D eigenvalue weighted by Gasteiger charge is 2.40. The predicted molar refractivity (Wildman–Crippen MR) is 123 cm³/mol. The number of ether oxygens (including phenoxy) is 2. The fraction of sp³-hybridized carbons (Fsp3) is 0.450. The van der Waals surface area contributed by atoms with Gasteiger partial charge in [-0.05, 0) is 31.5 Å². The number of nitrogens with zero attached hydrogens (tertiary/aromatic N) is 4. The second kappa shape index (κ2) is 11.3. The molecule has 0 radical (unpaired) electrons. The second-order valence-corrected chi connectivity index (χ2v) is 9.38. The molecule has 3 rings (SSSR count). The number of azide groups is 1. The molecule has 15 heteroatoms. The number of hydrogen-bond acceptors (Lipinski definition) is 9. The molecular formula is C20H25N6O8P. The maximum atomic E-state index is 13.5. The number of esters is 1. The van der Waals surface area contributed by atoms with Crippen molar-refractivity contribution in [3.05, 3.63) is 73.4 Å². The lowest BCUT2D eigenvalue weighted by atomic mass is 10.1. The number of rotatable bonds is 10. The zero-order valence-electron chi connectivity index (χ0n) is 19.2. The molecule has 188 valence electrons. The molecule has 1 fully saturated rings. The van der Waals surface area contributed by atoms with Gasteiger partial charge in [-0.2, -0.15) is 5.09 Å². The van der Waals surface area contributed by atoms with Gasteiger partial charge in [0.15, 0.2) is 0 Å². The minimum atomic E-state index is -4.16. The number of H-pyrrole nitrogens is 1. The number of para-hydroxylation sites is 1. The summed E-state index contributed by atoms with van der Waals surface area (Å²) in [5, 5.41) is 6.21. The third kappa shape index (κ3) is 6.59. The topological polar surface area (TPSA) is 187 Å². The molecule has 1 aliphatic heterocycles. The highest BCUT2D eigenvalue weighted by Crippen LogP contribution is 2.46. The number of nitrogens with one attached hydrogen (secondary N) is 2. The molecule has 14 nitrogen and oxygen atoms in total. The first-order chi connectivity index (χ1) is 16.7. The van der Waals surface area contributed by atoms with Crippen LogP contribution in [-0.2, 0) is 23.4 Å². The average Bonchev–Trinajstić information content (AvgIpc) is 3.23. The van der Waals surface area contributed by atoms with Crippen molar-refractivity contribution < 1.29 is 27.9 Å². The third-order valence-electron chi connectivity index (χ3n) is 5.14. The molecule has 0 amide bonds. The predicted octanol–water partition coefficient (Wildman–Crippen LogP) is 2.17. The van der Waals surface area contributed by atoms with Crippen molar-refractivity contribution in [2.45, 2.75) is 44.7 Å². The Labute approximate surface area is 199 Å². The summed E-state index contributed by atoms with van der Waals surface area (Å²) in [5.41, 5.74) is 8.03. The van der Waals surface area contributed by atoms with Crippen LogP contribution < -0.4 is 20.9 Å². The number of aryl methyl sites for hydroxylation is 1. The first kappa shape index (κ1) is 26.2. The number of benzene rings is 1. The number of carbonyl (C=O) groups excluding carboxylic acids is 1. The molecular weight excluding hydrogens is 483 g/mol. The van der Waals surface area contributed by atoms with E-state index in [-0.39, 0.29) is 24.3 Å². The molecule has 1 aromatic carbocycles. The van der Waals surface area contributed by atoms with Crippen LogP contribution in [0.1, 0.15) is 25.1 Å². The Kier molecular flexibility index (Phi) is 8.49. The van der Waals surface area contributed by atoms with Crippen LogP contribution in [0.15, 0.2) is 51.2 Å². The highest BCUT2D eigenvalue weighted by atomic mass is 31.2.